The monoisotopic (exact) mass is 481 g/mol. The van der Waals surface area contributed by atoms with Gasteiger partial charge in [0.15, 0.2) is 11.5 Å². The van der Waals surface area contributed by atoms with Crippen molar-refractivity contribution in [3.8, 4) is 5.69 Å². The summed E-state index contributed by atoms with van der Waals surface area (Å²) in [6, 6.07) is 18.4. The fourth-order valence-electron chi connectivity index (χ4n) is 4.44. The van der Waals surface area contributed by atoms with E-state index in [-0.39, 0.29) is 23.0 Å². The van der Waals surface area contributed by atoms with Crippen LogP contribution in [0.3, 0.4) is 0 Å². The number of hydrogen-bond acceptors (Lipinski definition) is 6. The third-order valence-corrected chi connectivity index (χ3v) is 5.97. The zero-order valence-corrected chi connectivity index (χ0v) is 20.3. The molecule has 182 valence electrons. The van der Waals surface area contributed by atoms with Gasteiger partial charge in [0.05, 0.1) is 11.4 Å². The lowest BCUT2D eigenvalue weighted by Gasteiger charge is -2.22. The van der Waals surface area contributed by atoms with E-state index in [1.807, 2.05) is 75.4 Å². The Kier molecular flexibility index (Phi) is 5.89. The molecule has 0 radical (unpaired) electrons. The molecular formula is C27H27N7O2. The third-order valence-electron chi connectivity index (χ3n) is 5.97. The summed E-state index contributed by atoms with van der Waals surface area (Å²) < 4.78 is 3.12. The number of para-hydroxylation sites is 1. The number of pyridine rings is 1. The number of carbonyl (C=O) groups is 1. The normalized spacial score (nSPS) is 12.2. The van der Waals surface area contributed by atoms with Crippen LogP contribution in [0.1, 0.15) is 42.9 Å². The summed E-state index contributed by atoms with van der Waals surface area (Å²) in [5.41, 5.74) is 8.55. The van der Waals surface area contributed by atoms with Gasteiger partial charge in [0.1, 0.15) is 5.56 Å². The van der Waals surface area contributed by atoms with Crippen LogP contribution in [0.2, 0.25) is 0 Å². The second kappa shape index (κ2) is 9.18. The van der Waals surface area contributed by atoms with E-state index < -0.39 is 11.9 Å². The summed E-state index contributed by atoms with van der Waals surface area (Å²) in [7, 11) is 0. The first kappa shape index (κ1) is 23.1. The number of anilines is 2. The number of amides is 1. The standard InChI is InChI=1S/C27H27N7O2/c1-16(2)30-20-12-7-9-18-15-21(34(27(36)22(18)20)19-10-5-4-6-11-19)17(3)31-26(35)23-24(28)32-33-14-8-13-29-25(23)33/h4-17,30H,1-3H3,(H2,28,32)(H,31,35)/t17-/m0/s1. The first-order valence-electron chi connectivity index (χ1n) is 11.8. The van der Waals surface area contributed by atoms with Gasteiger partial charge in [-0.1, -0.05) is 30.3 Å². The Balaban J connectivity index is 1.64. The van der Waals surface area contributed by atoms with Crippen molar-refractivity contribution < 1.29 is 4.79 Å². The van der Waals surface area contributed by atoms with Crippen molar-refractivity contribution in [1.82, 2.24) is 24.5 Å². The molecule has 3 aromatic heterocycles. The maximum atomic E-state index is 14.0. The average molecular weight is 482 g/mol. The van der Waals surface area contributed by atoms with E-state index in [0.29, 0.717) is 22.4 Å². The molecule has 0 aliphatic heterocycles. The van der Waals surface area contributed by atoms with Crippen LogP contribution in [0.4, 0.5) is 11.5 Å². The number of fused-ring (bicyclic) bond motifs is 2. The Morgan fingerprint density at radius 2 is 1.81 bits per heavy atom. The second-order valence-electron chi connectivity index (χ2n) is 8.96. The van der Waals surface area contributed by atoms with E-state index in [1.54, 1.807) is 23.0 Å². The Hall–Kier alpha value is -4.66. The van der Waals surface area contributed by atoms with Gasteiger partial charge in [-0.3, -0.25) is 14.2 Å². The van der Waals surface area contributed by atoms with Crippen LogP contribution < -0.4 is 21.9 Å². The number of carbonyl (C=O) groups excluding carboxylic acids is 1. The maximum absolute atomic E-state index is 14.0. The molecule has 0 aliphatic rings. The second-order valence-corrected chi connectivity index (χ2v) is 8.96. The predicted octanol–water partition coefficient (Wildman–Crippen LogP) is 3.93. The molecule has 36 heavy (non-hydrogen) atoms. The summed E-state index contributed by atoms with van der Waals surface area (Å²) in [5.74, 6) is -0.335. The number of aromatic nitrogens is 4. The lowest BCUT2D eigenvalue weighted by Crippen LogP contribution is -2.32. The molecule has 0 spiro atoms. The van der Waals surface area contributed by atoms with Gasteiger partial charge in [0.25, 0.3) is 11.5 Å². The Labute approximate surface area is 207 Å². The summed E-state index contributed by atoms with van der Waals surface area (Å²) in [5, 5.41) is 11.9. The molecule has 5 aromatic rings. The van der Waals surface area contributed by atoms with Gasteiger partial charge in [-0.05, 0) is 56.5 Å². The number of nitrogens with two attached hydrogens (primary N) is 1. The predicted molar refractivity (Wildman–Crippen MR) is 142 cm³/mol. The van der Waals surface area contributed by atoms with Gasteiger partial charge < -0.3 is 16.4 Å². The fraction of sp³-hybridized carbons (Fsp3) is 0.185. The maximum Gasteiger partial charge on any atom is 0.265 e. The summed E-state index contributed by atoms with van der Waals surface area (Å²) >= 11 is 0. The van der Waals surface area contributed by atoms with Crippen molar-refractivity contribution in [1.29, 1.82) is 0 Å². The molecule has 2 aromatic carbocycles. The molecule has 3 heterocycles. The summed E-state index contributed by atoms with van der Waals surface area (Å²) in [4.78, 5) is 31.5. The number of hydrogen-bond donors (Lipinski definition) is 3. The van der Waals surface area contributed by atoms with E-state index in [1.165, 1.54) is 4.52 Å². The van der Waals surface area contributed by atoms with Crippen molar-refractivity contribution in [2.24, 2.45) is 0 Å². The lowest BCUT2D eigenvalue weighted by molar-refractivity contribution is 0.0941. The molecule has 1 amide bonds. The third kappa shape index (κ3) is 4.04. The highest BCUT2D eigenvalue weighted by atomic mass is 16.2. The van der Waals surface area contributed by atoms with Crippen molar-refractivity contribution in [2.45, 2.75) is 32.9 Å². The molecule has 9 heteroatoms. The first-order chi connectivity index (χ1) is 17.3. The molecule has 1 atom stereocenters. The highest BCUT2D eigenvalue weighted by molar-refractivity contribution is 6.04. The zero-order valence-electron chi connectivity index (χ0n) is 20.3. The number of nitrogens with one attached hydrogen (secondary N) is 2. The number of nitrogens with zero attached hydrogens (tertiary/aromatic N) is 4. The van der Waals surface area contributed by atoms with Crippen LogP contribution in [-0.2, 0) is 0 Å². The summed E-state index contributed by atoms with van der Waals surface area (Å²) in [6.07, 6.45) is 3.26. The molecular weight excluding hydrogens is 454 g/mol. The Morgan fingerprint density at radius 3 is 2.56 bits per heavy atom. The van der Waals surface area contributed by atoms with Gasteiger partial charge in [-0.15, -0.1) is 5.10 Å². The Bertz CT molecular complexity index is 1640. The molecule has 0 saturated heterocycles. The van der Waals surface area contributed by atoms with Crippen molar-refractivity contribution in [2.75, 3.05) is 11.1 Å². The van der Waals surface area contributed by atoms with Gasteiger partial charge in [-0.2, -0.15) is 0 Å². The molecule has 9 nitrogen and oxygen atoms in total. The molecule has 0 bridgehead atoms. The van der Waals surface area contributed by atoms with Gasteiger partial charge in [0.2, 0.25) is 0 Å². The van der Waals surface area contributed by atoms with Gasteiger partial charge >= 0.3 is 0 Å². The number of nitrogen functional groups attached to an aromatic ring is 1. The molecule has 4 N–H and O–H groups in total. The van der Waals surface area contributed by atoms with Crippen molar-refractivity contribution >= 4 is 33.8 Å². The van der Waals surface area contributed by atoms with E-state index in [2.05, 4.69) is 20.7 Å². The quantitative estimate of drug-likeness (QED) is 0.338. The minimum Gasteiger partial charge on any atom is -0.382 e. The number of benzene rings is 2. The van der Waals surface area contributed by atoms with Gasteiger partial charge in [-0.25, -0.2) is 9.50 Å². The van der Waals surface area contributed by atoms with E-state index in [9.17, 15) is 9.59 Å². The van der Waals surface area contributed by atoms with Crippen molar-refractivity contribution in [3.05, 3.63) is 94.7 Å². The first-order valence-corrected chi connectivity index (χ1v) is 11.8. The molecule has 0 saturated carbocycles. The van der Waals surface area contributed by atoms with Crippen LogP contribution in [0.5, 0.6) is 0 Å². The molecule has 5 rings (SSSR count). The highest BCUT2D eigenvalue weighted by Gasteiger charge is 2.24. The van der Waals surface area contributed by atoms with Crippen LogP contribution in [-0.4, -0.2) is 31.1 Å². The lowest BCUT2D eigenvalue weighted by atomic mass is 10.0. The topological polar surface area (TPSA) is 119 Å². The average Bonchev–Trinajstić information content (AvgIpc) is 3.19. The van der Waals surface area contributed by atoms with E-state index in [4.69, 9.17) is 5.73 Å². The Morgan fingerprint density at radius 1 is 1.03 bits per heavy atom. The van der Waals surface area contributed by atoms with Gasteiger partial charge in [0, 0.05) is 35.5 Å². The molecule has 0 aliphatic carbocycles. The largest absolute Gasteiger partial charge is 0.382 e. The van der Waals surface area contributed by atoms with Crippen LogP contribution >= 0.6 is 0 Å². The summed E-state index contributed by atoms with van der Waals surface area (Å²) in [6.45, 7) is 5.90. The highest BCUT2D eigenvalue weighted by Crippen LogP contribution is 2.27. The smallest absolute Gasteiger partial charge is 0.265 e. The molecule has 0 fully saturated rings. The molecule has 0 unspecified atom stereocenters. The van der Waals surface area contributed by atoms with E-state index >= 15 is 0 Å². The zero-order chi connectivity index (χ0) is 25.4. The van der Waals surface area contributed by atoms with Crippen LogP contribution in [0, 0.1) is 0 Å². The van der Waals surface area contributed by atoms with E-state index in [0.717, 1.165) is 11.1 Å². The van der Waals surface area contributed by atoms with Crippen molar-refractivity contribution in [3.63, 3.8) is 0 Å². The SMILES string of the molecule is CC(C)Nc1cccc2cc([C@H](C)NC(=O)c3c(N)nn4cccnc34)n(-c3ccccc3)c(=O)c12. The fourth-order valence-corrected chi connectivity index (χ4v) is 4.44. The number of rotatable bonds is 6. The van der Waals surface area contributed by atoms with Crippen LogP contribution in [0.25, 0.3) is 22.1 Å². The minimum atomic E-state index is -0.533. The van der Waals surface area contributed by atoms with Crippen LogP contribution in [0.15, 0.2) is 77.9 Å². The minimum absolute atomic E-state index is 0.0850.